The average molecular weight is 198 g/mol. The van der Waals surface area contributed by atoms with Crippen LogP contribution in [0.3, 0.4) is 0 Å². The van der Waals surface area contributed by atoms with Gasteiger partial charge in [-0.3, -0.25) is 0 Å². The Hall–Kier alpha value is -0.0800. The largest absolute Gasteiger partial charge is 0.330 e. The SMILES string of the molecule is CC(CCN)N(C)C1CCCCCC1. The number of hydrogen-bond donors (Lipinski definition) is 1. The monoisotopic (exact) mass is 198 g/mol. The van der Waals surface area contributed by atoms with Crippen molar-refractivity contribution in [1.82, 2.24) is 4.90 Å². The molecule has 0 aromatic carbocycles. The topological polar surface area (TPSA) is 29.3 Å². The van der Waals surface area contributed by atoms with E-state index in [0.717, 1.165) is 19.0 Å². The first-order valence-electron chi connectivity index (χ1n) is 6.17. The van der Waals surface area contributed by atoms with Gasteiger partial charge in [-0.2, -0.15) is 0 Å². The van der Waals surface area contributed by atoms with E-state index in [-0.39, 0.29) is 0 Å². The molecule has 1 fully saturated rings. The van der Waals surface area contributed by atoms with Crippen LogP contribution in [0.25, 0.3) is 0 Å². The summed E-state index contributed by atoms with van der Waals surface area (Å²) in [6.45, 7) is 3.12. The summed E-state index contributed by atoms with van der Waals surface area (Å²) in [5.41, 5.74) is 5.60. The smallest absolute Gasteiger partial charge is 0.00950 e. The van der Waals surface area contributed by atoms with Gasteiger partial charge in [-0.15, -0.1) is 0 Å². The van der Waals surface area contributed by atoms with Gasteiger partial charge in [0.1, 0.15) is 0 Å². The van der Waals surface area contributed by atoms with Crippen molar-refractivity contribution in [3.05, 3.63) is 0 Å². The van der Waals surface area contributed by atoms with Crippen molar-refractivity contribution in [2.75, 3.05) is 13.6 Å². The standard InChI is InChI=1S/C12H26N2/c1-11(9-10-13)14(2)12-7-5-3-4-6-8-12/h11-12H,3-10,13H2,1-2H3. The normalized spacial score (nSPS) is 22.3. The molecule has 0 amide bonds. The minimum Gasteiger partial charge on any atom is -0.330 e. The first-order valence-corrected chi connectivity index (χ1v) is 6.17. The lowest BCUT2D eigenvalue weighted by atomic mass is 10.0. The summed E-state index contributed by atoms with van der Waals surface area (Å²) in [5, 5.41) is 0. The van der Waals surface area contributed by atoms with Crippen LogP contribution in [0.4, 0.5) is 0 Å². The molecular weight excluding hydrogens is 172 g/mol. The van der Waals surface area contributed by atoms with E-state index >= 15 is 0 Å². The first kappa shape index (κ1) is 12.0. The van der Waals surface area contributed by atoms with Crippen molar-refractivity contribution >= 4 is 0 Å². The second kappa shape index (κ2) is 6.41. The Labute approximate surface area is 88.8 Å². The molecule has 1 saturated carbocycles. The Kier molecular flexibility index (Phi) is 5.49. The predicted molar refractivity (Wildman–Crippen MR) is 62.4 cm³/mol. The van der Waals surface area contributed by atoms with E-state index in [1.54, 1.807) is 0 Å². The minimum atomic E-state index is 0.656. The van der Waals surface area contributed by atoms with E-state index in [1.165, 1.54) is 38.5 Å². The van der Waals surface area contributed by atoms with E-state index in [2.05, 4.69) is 18.9 Å². The van der Waals surface area contributed by atoms with Gasteiger partial charge in [0.05, 0.1) is 0 Å². The molecule has 0 heterocycles. The summed E-state index contributed by atoms with van der Waals surface area (Å²) < 4.78 is 0. The summed E-state index contributed by atoms with van der Waals surface area (Å²) >= 11 is 0. The molecule has 1 unspecified atom stereocenters. The Morgan fingerprint density at radius 1 is 1.21 bits per heavy atom. The highest BCUT2D eigenvalue weighted by Gasteiger charge is 2.20. The Morgan fingerprint density at radius 2 is 1.79 bits per heavy atom. The molecule has 0 aromatic rings. The van der Waals surface area contributed by atoms with Gasteiger partial charge in [0.15, 0.2) is 0 Å². The van der Waals surface area contributed by atoms with Gasteiger partial charge in [0.2, 0.25) is 0 Å². The summed E-state index contributed by atoms with van der Waals surface area (Å²) in [6, 6.07) is 1.47. The van der Waals surface area contributed by atoms with Crippen molar-refractivity contribution in [1.29, 1.82) is 0 Å². The fraction of sp³-hybridized carbons (Fsp3) is 1.00. The van der Waals surface area contributed by atoms with E-state index in [4.69, 9.17) is 5.73 Å². The first-order chi connectivity index (χ1) is 6.75. The summed E-state index contributed by atoms with van der Waals surface area (Å²) in [7, 11) is 2.27. The highest BCUT2D eigenvalue weighted by molar-refractivity contribution is 4.76. The van der Waals surface area contributed by atoms with Crippen LogP contribution in [0.1, 0.15) is 51.9 Å². The van der Waals surface area contributed by atoms with Gasteiger partial charge in [-0.25, -0.2) is 0 Å². The summed E-state index contributed by atoms with van der Waals surface area (Å²) in [4.78, 5) is 2.55. The molecule has 0 radical (unpaired) electrons. The minimum absolute atomic E-state index is 0.656. The highest BCUT2D eigenvalue weighted by atomic mass is 15.2. The highest BCUT2D eigenvalue weighted by Crippen LogP contribution is 2.22. The van der Waals surface area contributed by atoms with E-state index in [9.17, 15) is 0 Å². The molecule has 0 aliphatic heterocycles. The number of rotatable bonds is 4. The summed E-state index contributed by atoms with van der Waals surface area (Å²) in [6.07, 6.45) is 9.64. The van der Waals surface area contributed by atoms with Crippen molar-refractivity contribution in [2.24, 2.45) is 5.73 Å². The predicted octanol–water partition coefficient (Wildman–Crippen LogP) is 2.38. The van der Waals surface area contributed by atoms with Crippen LogP contribution in [0.15, 0.2) is 0 Å². The molecule has 84 valence electrons. The molecule has 2 nitrogen and oxygen atoms in total. The fourth-order valence-corrected chi connectivity index (χ4v) is 2.47. The van der Waals surface area contributed by atoms with Crippen molar-refractivity contribution in [2.45, 2.75) is 64.0 Å². The molecule has 0 bridgehead atoms. The number of hydrogen-bond acceptors (Lipinski definition) is 2. The molecule has 14 heavy (non-hydrogen) atoms. The van der Waals surface area contributed by atoms with Gasteiger partial charge in [-0.05, 0) is 39.8 Å². The number of nitrogens with two attached hydrogens (primary N) is 1. The molecule has 1 atom stereocenters. The zero-order valence-electron chi connectivity index (χ0n) is 9.84. The van der Waals surface area contributed by atoms with Gasteiger partial charge in [0.25, 0.3) is 0 Å². The van der Waals surface area contributed by atoms with Crippen molar-refractivity contribution in [3.8, 4) is 0 Å². The maximum atomic E-state index is 5.60. The maximum Gasteiger partial charge on any atom is 0.00950 e. The maximum absolute atomic E-state index is 5.60. The van der Waals surface area contributed by atoms with Gasteiger partial charge >= 0.3 is 0 Å². The van der Waals surface area contributed by atoms with E-state index < -0.39 is 0 Å². The molecule has 2 heteroatoms. The average Bonchev–Trinajstić information content (AvgIpc) is 2.45. The van der Waals surface area contributed by atoms with Gasteiger partial charge < -0.3 is 10.6 Å². The summed E-state index contributed by atoms with van der Waals surface area (Å²) in [5.74, 6) is 0. The second-order valence-corrected chi connectivity index (χ2v) is 4.74. The lowest BCUT2D eigenvalue weighted by Gasteiger charge is -2.32. The van der Waals surface area contributed by atoms with Crippen LogP contribution in [0, 0.1) is 0 Å². The molecule has 1 rings (SSSR count). The van der Waals surface area contributed by atoms with Crippen LogP contribution in [-0.2, 0) is 0 Å². The Balaban J connectivity index is 2.36. The van der Waals surface area contributed by atoms with Crippen LogP contribution >= 0.6 is 0 Å². The third-order valence-corrected chi connectivity index (χ3v) is 3.68. The fourth-order valence-electron chi connectivity index (χ4n) is 2.47. The van der Waals surface area contributed by atoms with Crippen LogP contribution < -0.4 is 5.73 Å². The zero-order valence-corrected chi connectivity index (χ0v) is 9.84. The second-order valence-electron chi connectivity index (χ2n) is 4.74. The Morgan fingerprint density at radius 3 is 2.29 bits per heavy atom. The number of nitrogens with zero attached hydrogens (tertiary/aromatic N) is 1. The molecule has 0 aromatic heterocycles. The third-order valence-electron chi connectivity index (χ3n) is 3.68. The Bertz CT molecular complexity index is 139. The van der Waals surface area contributed by atoms with Crippen LogP contribution in [-0.4, -0.2) is 30.6 Å². The lowest BCUT2D eigenvalue weighted by Crippen LogP contribution is -2.39. The molecule has 1 aliphatic carbocycles. The molecule has 2 N–H and O–H groups in total. The van der Waals surface area contributed by atoms with Crippen LogP contribution in [0.2, 0.25) is 0 Å². The van der Waals surface area contributed by atoms with Crippen molar-refractivity contribution in [3.63, 3.8) is 0 Å². The van der Waals surface area contributed by atoms with E-state index in [1.807, 2.05) is 0 Å². The lowest BCUT2D eigenvalue weighted by molar-refractivity contribution is 0.162. The van der Waals surface area contributed by atoms with E-state index in [0.29, 0.717) is 6.04 Å². The molecule has 1 aliphatic rings. The molecule has 0 saturated heterocycles. The van der Waals surface area contributed by atoms with Gasteiger partial charge in [0, 0.05) is 12.1 Å². The van der Waals surface area contributed by atoms with Crippen molar-refractivity contribution < 1.29 is 0 Å². The zero-order chi connectivity index (χ0) is 10.4. The van der Waals surface area contributed by atoms with Crippen LogP contribution in [0.5, 0.6) is 0 Å². The quantitative estimate of drug-likeness (QED) is 0.703. The van der Waals surface area contributed by atoms with Gasteiger partial charge in [-0.1, -0.05) is 25.7 Å². The molecule has 0 spiro atoms. The molecular formula is C12H26N2. The third kappa shape index (κ3) is 3.58.